The zero-order chi connectivity index (χ0) is 18.9. The summed E-state index contributed by atoms with van der Waals surface area (Å²) >= 11 is 1.71. The van der Waals surface area contributed by atoms with Crippen LogP contribution in [0.1, 0.15) is 23.6 Å². The monoisotopic (exact) mass is 371 g/mol. The van der Waals surface area contributed by atoms with Gasteiger partial charge in [-0.25, -0.2) is 0 Å². The van der Waals surface area contributed by atoms with Gasteiger partial charge in [0, 0.05) is 11.8 Å². The molecule has 0 bridgehead atoms. The summed E-state index contributed by atoms with van der Waals surface area (Å²) in [5.41, 5.74) is 4.41. The van der Waals surface area contributed by atoms with Crippen LogP contribution in [0.2, 0.25) is 0 Å². The zero-order valence-corrected chi connectivity index (χ0v) is 16.2. The molecule has 134 valence electrons. The van der Waals surface area contributed by atoms with Crippen LogP contribution in [0, 0.1) is 6.92 Å². The molecular weight excluding hydrogens is 350 g/mol. The van der Waals surface area contributed by atoms with Gasteiger partial charge in [-0.05, 0) is 36.3 Å². The van der Waals surface area contributed by atoms with Crippen molar-refractivity contribution in [1.82, 2.24) is 0 Å². The van der Waals surface area contributed by atoms with Crippen LogP contribution in [-0.4, -0.2) is 5.91 Å². The topological polar surface area (TPSA) is 20.3 Å². The normalized spacial score (nSPS) is 18.7. The van der Waals surface area contributed by atoms with Crippen molar-refractivity contribution >= 4 is 29.4 Å². The third-order valence-corrected chi connectivity index (χ3v) is 6.22. The average Bonchev–Trinajstić information content (AvgIpc) is 3.04. The number of hydrogen-bond donors (Lipinski definition) is 0. The number of hydrogen-bond acceptors (Lipinski definition) is 2. The first-order chi connectivity index (χ1) is 13.1. The lowest BCUT2D eigenvalue weighted by molar-refractivity contribution is -0.117. The van der Waals surface area contributed by atoms with E-state index in [0.717, 1.165) is 21.7 Å². The molecule has 3 aromatic carbocycles. The Labute approximate surface area is 164 Å². The fraction of sp³-hybridized carbons (Fsp3) is 0.125. The quantitative estimate of drug-likeness (QED) is 0.561. The molecule has 0 aromatic heterocycles. The highest BCUT2D eigenvalue weighted by Crippen LogP contribution is 2.56. The minimum absolute atomic E-state index is 0.0323. The fourth-order valence-electron chi connectivity index (χ4n) is 3.48. The SMILES string of the molecule is CC(=O)N1c2ccccc2SC1(/C=C/c1ccc(C)cc1)c1ccccc1. The number of fused-ring (bicyclic) bond motifs is 1. The number of nitrogens with zero attached hydrogens (tertiary/aromatic N) is 1. The van der Waals surface area contributed by atoms with E-state index in [9.17, 15) is 4.79 Å². The zero-order valence-electron chi connectivity index (χ0n) is 15.4. The van der Waals surface area contributed by atoms with E-state index in [1.54, 1.807) is 18.7 Å². The van der Waals surface area contributed by atoms with Gasteiger partial charge >= 0.3 is 0 Å². The second kappa shape index (κ2) is 7.09. The summed E-state index contributed by atoms with van der Waals surface area (Å²) in [7, 11) is 0. The van der Waals surface area contributed by atoms with Gasteiger partial charge in [0.1, 0.15) is 4.87 Å². The van der Waals surface area contributed by atoms with E-state index in [2.05, 4.69) is 61.5 Å². The van der Waals surface area contributed by atoms with Gasteiger partial charge < -0.3 is 0 Å². The Morgan fingerprint density at radius 1 is 0.926 bits per heavy atom. The lowest BCUT2D eigenvalue weighted by atomic mass is 10.0. The molecule has 0 N–H and O–H groups in total. The highest BCUT2D eigenvalue weighted by molar-refractivity contribution is 8.01. The van der Waals surface area contributed by atoms with Crippen LogP contribution in [0.4, 0.5) is 5.69 Å². The standard InChI is InChI=1S/C24H21NOS/c1-18-12-14-20(15-13-18)16-17-24(21-8-4-3-5-9-21)25(19(2)26)22-10-6-7-11-23(22)27-24/h3-17H,1-2H3/b17-16+. The molecule has 0 spiro atoms. The molecule has 1 unspecified atom stereocenters. The molecule has 3 aromatic rings. The molecule has 27 heavy (non-hydrogen) atoms. The smallest absolute Gasteiger partial charge is 0.225 e. The third-order valence-electron chi connectivity index (χ3n) is 4.79. The summed E-state index contributed by atoms with van der Waals surface area (Å²) in [5.74, 6) is 0.0323. The Morgan fingerprint density at radius 2 is 1.59 bits per heavy atom. The van der Waals surface area contributed by atoms with Gasteiger partial charge in [-0.3, -0.25) is 9.69 Å². The van der Waals surface area contributed by atoms with Crippen LogP contribution < -0.4 is 4.90 Å². The Morgan fingerprint density at radius 3 is 2.30 bits per heavy atom. The molecule has 0 saturated heterocycles. The number of aryl methyl sites for hydroxylation is 1. The molecule has 1 heterocycles. The van der Waals surface area contributed by atoms with Crippen molar-refractivity contribution in [3.05, 3.63) is 102 Å². The Hall–Kier alpha value is -2.78. The average molecular weight is 372 g/mol. The van der Waals surface area contributed by atoms with Crippen molar-refractivity contribution in [3.63, 3.8) is 0 Å². The van der Waals surface area contributed by atoms with E-state index in [0.29, 0.717) is 0 Å². The maximum atomic E-state index is 12.7. The van der Waals surface area contributed by atoms with Gasteiger partial charge in [0.25, 0.3) is 0 Å². The van der Waals surface area contributed by atoms with Gasteiger partial charge in [0.15, 0.2) is 0 Å². The van der Waals surface area contributed by atoms with E-state index in [-0.39, 0.29) is 5.91 Å². The van der Waals surface area contributed by atoms with Gasteiger partial charge in [-0.2, -0.15) is 0 Å². The lowest BCUT2D eigenvalue weighted by Gasteiger charge is -2.35. The molecular formula is C24H21NOS. The van der Waals surface area contributed by atoms with Crippen molar-refractivity contribution < 1.29 is 4.79 Å². The van der Waals surface area contributed by atoms with Gasteiger partial charge in [0.05, 0.1) is 5.69 Å². The number of benzene rings is 3. The predicted molar refractivity (Wildman–Crippen MR) is 114 cm³/mol. The predicted octanol–water partition coefficient (Wildman–Crippen LogP) is 6.02. The van der Waals surface area contributed by atoms with Crippen molar-refractivity contribution in [1.29, 1.82) is 0 Å². The number of para-hydroxylation sites is 1. The number of anilines is 1. The van der Waals surface area contributed by atoms with Crippen molar-refractivity contribution in [2.24, 2.45) is 0 Å². The summed E-state index contributed by atoms with van der Waals surface area (Å²) in [6.07, 6.45) is 4.26. The van der Waals surface area contributed by atoms with Crippen LogP contribution in [0.25, 0.3) is 6.08 Å². The minimum Gasteiger partial charge on any atom is -0.288 e. The molecule has 4 rings (SSSR count). The highest BCUT2D eigenvalue weighted by Gasteiger charge is 2.46. The van der Waals surface area contributed by atoms with Crippen molar-refractivity contribution in [2.75, 3.05) is 4.90 Å². The second-order valence-corrected chi connectivity index (χ2v) is 8.00. The number of rotatable bonds is 3. The van der Waals surface area contributed by atoms with Crippen LogP contribution in [0.15, 0.2) is 89.8 Å². The molecule has 2 nitrogen and oxygen atoms in total. The first-order valence-electron chi connectivity index (χ1n) is 9.00. The van der Waals surface area contributed by atoms with E-state index < -0.39 is 4.87 Å². The lowest BCUT2D eigenvalue weighted by Crippen LogP contribution is -2.42. The molecule has 1 aliphatic rings. The Balaban J connectivity index is 1.87. The molecule has 3 heteroatoms. The molecule has 0 aliphatic carbocycles. The molecule has 0 radical (unpaired) electrons. The minimum atomic E-state index is -0.596. The van der Waals surface area contributed by atoms with E-state index in [1.165, 1.54) is 5.56 Å². The maximum absolute atomic E-state index is 12.7. The summed E-state index contributed by atoms with van der Waals surface area (Å²) < 4.78 is 0. The van der Waals surface area contributed by atoms with Crippen molar-refractivity contribution in [3.8, 4) is 0 Å². The number of amides is 1. The highest BCUT2D eigenvalue weighted by atomic mass is 32.2. The molecule has 1 aliphatic heterocycles. The maximum Gasteiger partial charge on any atom is 0.225 e. The van der Waals surface area contributed by atoms with Gasteiger partial charge in [-0.1, -0.05) is 90.1 Å². The first-order valence-corrected chi connectivity index (χ1v) is 9.82. The summed E-state index contributed by atoms with van der Waals surface area (Å²) in [5, 5.41) is 0. The van der Waals surface area contributed by atoms with Crippen LogP contribution in [0.5, 0.6) is 0 Å². The number of carbonyl (C=O) groups is 1. The van der Waals surface area contributed by atoms with E-state index >= 15 is 0 Å². The summed E-state index contributed by atoms with van der Waals surface area (Å²) in [6.45, 7) is 3.72. The first kappa shape index (κ1) is 17.6. The fourth-order valence-corrected chi connectivity index (χ4v) is 4.93. The van der Waals surface area contributed by atoms with Gasteiger partial charge in [0.2, 0.25) is 5.91 Å². The summed E-state index contributed by atoms with van der Waals surface area (Å²) in [4.78, 5) is 15.2. The Bertz CT molecular complexity index is 994. The largest absolute Gasteiger partial charge is 0.288 e. The Kier molecular flexibility index (Phi) is 4.63. The van der Waals surface area contributed by atoms with Crippen LogP contribution in [0.3, 0.4) is 0 Å². The summed E-state index contributed by atoms with van der Waals surface area (Å²) in [6, 6.07) is 26.8. The molecule has 0 saturated carbocycles. The molecule has 1 atom stereocenters. The molecule has 1 amide bonds. The number of carbonyl (C=O) groups excluding carboxylic acids is 1. The number of thioether (sulfide) groups is 1. The third kappa shape index (κ3) is 3.19. The van der Waals surface area contributed by atoms with E-state index in [4.69, 9.17) is 0 Å². The van der Waals surface area contributed by atoms with Crippen LogP contribution >= 0.6 is 11.8 Å². The van der Waals surface area contributed by atoms with E-state index in [1.807, 2.05) is 41.3 Å². The van der Waals surface area contributed by atoms with Crippen molar-refractivity contribution in [2.45, 2.75) is 23.6 Å². The second-order valence-electron chi connectivity index (χ2n) is 6.73. The molecule has 0 fully saturated rings. The van der Waals surface area contributed by atoms with Crippen LogP contribution in [-0.2, 0) is 9.67 Å². The van der Waals surface area contributed by atoms with Gasteiger partial charge in [-0.15, -0.1) is 0 Å².